The first kappa shape index (κ1) is 15.3. The average molecular weight is 307 g/mol. The molecule has 0 atom stereocenters. The minimum absolute atomic E-state index is 0.134. The molecule has 0 aliphatic heterocycles. The van der Waals surface area contributed by atoms with Gasteiger partial charge < -0.3 is 10.5 Å². The van der Waals surface area contributed by atoms with E-state index in [0.717, 1.165) is 0 Å². The fourth-order valence-corrected chi connectivity index (χ4v) is 2.91. The van der Waals surface area contributed by atoms with Crippen molar-refractivity contribution >= 4 is 15.7 Å². The molecule has 21 heavy (non-hydrogen) atoms. The van der Waals surface area contributed by atoms with Crippen LogP contribution >= 0.6 is 0 Å². The van der Waals surface area contributed by atoms with E-state index in [1.807, 2.05) is 6.92 Å². The van der Waals surface area contributed by atoms with Crippen molar-refractivity contribution in [2.24, 2.45) is 5.73 Å². The Hall–Kier alpha value is -2.12. The summed E-state index contributed by atoms with van der Waals surface area (Å²) in [6, 6.07) is 7.90. The molecule has 0 spiro atoms. The average Bonchev–Trinajstić information content (AvgIpc) is 2.48. The molecule has 3 N–H and O–H groups in total. The summed E-state index contributed by atoms with van der Waals surface area (Å²) in [6.07, 6.45) is 3.01. The number of nitrogens with two attached hydrogens (primary N) is 1. The summed E-state index contributed by atoms with van der Waals surface area (Å²) in [5, 5.41) is 0. The van der Waals surface area contributed by atoms with Gasteiger partial charge in [0.05, 0.1) is 23.4 Å². The van der Waals surface area contributed by atoms with E-state index in [-0.39, 0.29) is 11.4 Å². The molecule has 0 bridgehead atoms. The van der Waals surface area contributed by atoms with Crippen molar-refractivity contribution in [2.75, 3.05) is 11.3 Å². The highest BCUT2D eigenvalue weighted by Gasteiger charge is 2.16. The van der Waals surface area contributed by atoms with Gasteiger partial charge in [0, 0.05) is 18.3 Å². The zero-order valence-electron chi connectivity index (χ0n) is 11.6. The summed E-state index contributed by atoms with van der Waals surface area (Å²) >= 11 is 0. The second kappa shape index (κ2) is 6.55. The lowest BCUT2D eigenvalue weighted by molar-refractivity contribution is 0.336. The molecule has 0 fully saturated rings. The quantitative estimate of drug-likeness (QED) is 0.847. The summed E-state index contributed by atoms with van der Waals surface area (Å²) in [5.74, 6) is 0.598. The van der Waals surface area contributed by atoms with E-state index in [9.17, 15) is 8.42 Å². The van der Waals surface area contributed by atoms with Gasteiger partial charge in [-0.15, -0.1) is 0 Å². The van der Waals surface area contributed by atoms with E-state index in [1.54, 1.807) is 24.4 Å². The number of hydrogen-bond donors (Lipinski definition) is 2. The Morgan fingerprint density at radius 2 is 2.14 bits per heavy atom. The number of hydrogen-bond acceptors (Lipinski definition) is 5. The zero-order chi connectivity index (χ0) is 15.3. The van der Waals surface area contributed by atoms with E-state index >= 15 is 0 Å². The summed E-state index contributed by atoms with van der Waals surface area (Å²) in [5.41, 5.74) is 6.69. The predicted octanol–water partition coefficient (Wildman–Crippen LogP) is 1.74. The Labute approximate surface area is 124 Å². The third kappa shape index (κ3) is 3.71. The molecular weight excluding hydrogens is 290 g/mol. The van der Waals surface area contributed by atoms with Crippen LogP contribution in [0.3, 0.4) is 0 Å². The monoisotopic (exact) mass is 307 g/mol. The van der Waals surface area contributed by atoms with Crippen molar-refractivity contribution in [1.29, 1.82) is 0 Å². The van der Waals surface area contributed by atoms with E-state index in [0.29, 0.717) is 23.6 Å². The smallest absolute Gasteiger partial charge is 0.261 e. The van der Waals surface area contributed by atoms with Crippen LogP contribution in [0, 0.1) is 0 Å². The molecule has 1 aromatic heterocycles. The van der Waals surface area contributed by atoms with Crippen LogP contribution in [-0.2, 0) is 16.6 Å². The first-order valence-corrected chi connectivity index (χ1v) is 7.93. The van der Waals surface area contributed by atoms with E-state index < -0.39 is 10.0 Å². The highest BCUT2D eigenvalue weighted by Crippen LogP contribution is 2.23. The maximum absolute atomic E-state index is 12.3. The fourth-order valence-electron chi connectivity index (χ4n) is 1.82. The normalized spacial score (nSPS) is 11.1. The van der Waals surface area contributed by atoms with E-state index in [2.05, 4.69) is 9.71 Å². The first-order valence-electron chi connectivity index (χ1n) is 6.45. The van der Waals surface area contributed by atoms with Gasteiger partial charge in [0.1, 0.15) is 5.75 Å². The van der Waals surface area contributed by atoms with Gasteiger partial charge in [-0.25, -0.2) is 8.42 Å². The Bertz CT molecular complexity index is 703. The first-order chi connectivity index (χ1) is 10.1. The Kier molecular flexibility index (Phi) is 4.77. The number of sulfonamides is 1. The lowest BCUT2D eigenvalue weighted by atomic mass is 10.2. The second-order valence-corrected chi connectivity index (χ2v) is 5.94. The molecule has 0 aliphatic rings. The highest BCUT2D eigenvalue weighted by atomic mass is 32.2. The topological polar surface area (TPSA) is 94.3 Å². The largest absolute Gasteiger partial charge is 0.494 e. The van der Waals surface area contributed by atoms with Gasteiger partial charge >= 0.3 is 0 Å². The molecule has 2 rings (SSSR count). The zero-order valence-corrected chi connectivity index (χ0v) is 12.4. The van der Waals surface area contributed by atoms with Gasteiger partial charge in [0.25, 0.3) is 10.0 Å². The van der Waals surface area contributed by atoms with Crippen molar-refractivity contribution < 1.29 is 13.2 Å². The summed E-state index contributed by atoms with van der Waals surface area (Å²) in [7, 11) is -3.68. The minimum atomic E-state index is -3.68. The standard InChI is InChI=1S/C14H17N3O3S/c1-2-20-14-6-5-13(8-11(14)9-15)21(18,19)17-12-4-3-7-16-10-12/h3-8,10,17H,2,9,15H2,1H3. The van der Waals surface area contributed by atoms with Crippen molar-refractivity contribution in [2.45, 2.75) is 18.4 Å². The molecule has 0 saturated carbocycles. The second-order valence-electron chi connectivity index (χ2n) is 4.25. The lowest BCUT2D eigenvalue weighted by Crippen LogP contribution is -2.14. The van der Waals surface area contributed by atoms with E-state index in [4.69, 9.17) is 10.5 Å². The fraction of sp³-hybridized carbons (Fsp3) is 0.214. The molecule has 7 heteroatoms. The molecule has 6 nitrogen and oxygen atoms in total. The van der Waals surface area contributed by atoms with Crippen molar-refractivity contribution in [3.8, 4) is 5.75 Å². The molecule has 0 aliphatic carbocycles. The van der Waals surface area contributed by atoms with Crippen LogP contribution < -0.4 is 15.2 Å². The van der Waals surface area contributed by atoms with Crippen molar-refractivity contribution in [1.82, 2.24) is 4.98 Å². The molecule has 2 aromatic rings. The van der Waals surface area contributed by atoms with Gasteiger partial charge in [-0.2, -0.15) is 0 Å². The van der Waals surface area contributed by atoms with Crippen LogP contribution in [0.25, 0.3) is 0 Å². The van der Waals surface area contributed by atoms with E-state index in [1.165, 1.54) is 18.3 Å². The number of nitrogens with zero attached hydrogens (tertiary/aromatic N) is 1. The SMILES string of the molecule is CCOc1ccc(S(=O)(=O)Nc2cccnc2)cc1CN. The van der Waals surface area contributed by atoms with Gasteiger partial charge in [-0.1, -0.05) is 0 Å². The number of ether oxygens (including phenoxy) is 1. The number of anilines is 1. The van der Waals surface area contributed by atoms with Gasteiger partial charge in [0.15, 0.2) is 0 Å². The maximum Gasteiger partial charge on any atom is 0.261 e. The third-order valence-electron chi connectivity index (χ3n) is 2.78. The van der Waals surface area contributed by atoms with Gasteiger partial charge in [-0.05, 0) is 37.3 Å². The van der Waals surface area contributed by atoms with Crippen molar-refractivity contribution in [3.05, 3.63) is 48.3 Å². The summed E-state index contributed by atoms with van der Waals surface area (Å²) in [6.45, 7) is 2.55. The Morgan fingerprint density at radius 1 is 1.33 bits per heavy atom. The van der Waals surface area contributed by atoms with Crippen LogP contribution in [-0.4, -0.2) is 20.0 Å². The third-order valence-corrected chi connectivity index (χ3v) is 4.15. The van der Waals surface area contributed by atoms with Crippen LogP contribution in [0.1, 0.15) is 12.5 Å². The number of aromatic nitrogens is 1. The maximum atomic E-state index is 12.3. The molecular formula is C14H17N3O3S. The number of rotatable bonds is 6. The number of pyridine rings is 1. The Balaban J connectivity index is 2.32. The predicted molar refractivity (Wildman–Crippen MR) is 80.5 cm³/mol. The number of benzene rings is 1. The lowest BCUT2D eigenvalue weighted by Gasteiger charge is -2.12. The number of nitrogens with one attached hydrogen (secondary N) is 1. The van der Waals surface area contributed by atoms with Crippen LogP contribution in [0.15, 0.2) is 47.6 Å². The highest BCUT2D eigenvalue weighted by molar-refractivity contribution is 7.92. The van der Waals surface area contributed by atoms with Gasteiger partial charge in [-0.3, -0.25) is 9.71 Å². The molecule has 0 saturated heterocycles. The van der Waals surface area contributed by atoms with Gasteiger partial charge in [0.2, 0.25) is 0 Å². The van der Waals surface area contributed by atoms with Crippen LogP contribution in [0.2, 0.25) is 0 Å². The molecule has 0 radical (unpaired) electrons. The molecule has 1 heterocycles. The molecule has 0 amide bonds. The summed E-state index contributed by atoms with van der Waals surface area (Å²) < 4.78 is 32.5. The molecule has 0 unspecified atom stereocenters. The molecule has 1 aromatic carbocycles. The summed E-state index contributed by atoms with van der Waals surface area (Å²) in [4.78, 5) is 4.00. The van der Waals surface area contributed by atoms with Crippen LogP contribution in [0.4, 0.5) is 5.69 Å². The Morgan fingerprint density at radius 3 is 2.76 bits per heavy atom. The van der Waals surface area contributed by atoms with Crippen LogP contribution in [0.5, 0.6) is 5.75 Å². The van der Waals surface area contributed by atoms with Crippen molar-refractivity contribution in [3.63, 3.8) is 0 Å². The molecule has 112 valence electrons. The minimum Gasteiger partial charge on any atom is -0.494 e.